The third kappa shape index (κ3) is 4.63. The quantitative estimate of drug-likeness (QED) is 0.348. The van der Waals surface area contributed by atoms with Gasteiger partial charge in [-0.05, 0) is 49.7 Å². The number of amides is 1. The molecule has 0 aliphatic carbocycles. The van der Waals surface area contributed by atoms with Gasteiger partial charge in [0.25, 0.3) is 0 Å². The van der Waals surface area contributed by atoms with Crippen LogP contribution in [0.15, 0.2) is 61.1 Å². The Labute approximate surface area is 204 Å². The van der Waals surface area contributed by atoms with Crippen molar-refractivity contribution >= 4 is 11.7 Å². The molecule has 0 saturated carbocycles. The average Bonchev–Trinajstić information content (AvgIpc) is 3.49. The molecule has 1 aromatic carbocycles. The zero-order valence-corrected chi connectivity index (χ0v) is 19.2. The first kappa shape index (κ1) is 23.1. The summed E-state index contributed by atoms with van der Waals surface area (Å²) in [5.74, 6) is -1.06. The van der Waals surface area contributed by atoms with E-state index in [1.54, 1.807) is 16.8 Å². The molecule has 9 nitrogen and oxygen atoms in total. The molecule has 5 aromatic rings. The van der Waals surface area contributed by atoms with E-state index in [-0.39, 0.29) is 25.1 Å². The number of nitrogens with one attached hydrogen (secondary N) is 1. The molecule has 0 fully saturated rings. The average molecular weight is 489 g/mol. The number of benzene rings is 1. The number of halogens is 2. The molecular weight excluding hydrogens is 468 g/mol. The summed E-state index contributed by atoms with van der Waals surface area (Å²) >= 11 is 0. The van der Waals surface area contributed by atoms with Crippen molar-refractivity contribution in [2.24, 2.45) is 0 Å². The molecule has 0 aliphatic heterocycles. The number of hydrogen-bond donors (Lipinski definition) is 2. The number of nitrogens with zero attached hydrogens (tertiary/aromatic N) is 6. The Bertz CT molecular complexity index is 1540. The van der Waals surface area contributed by atoms with Crippen LogP contribution in [-0.2, 0) is 13.0 Å². The molecule has 36 heavy (non-hydrogen) atoms. The van der Waals surface area contributed by atoms with E-state index < -0.39 is 17.7 Å². The Balaban J connectivity index is 1.49. The van der Waals surface area contributed by atoms with E-state index in [1.807, 2.05) is 31.2 Å². The number of aryl methyl sites for hydroxylation is 1. The predicted molar refractivity (Wildman–Crippen MR) is 127 cm³/mol. The lowest BCUT2D eigenvalue weighted by Crippen LogP contribution is -2.31. The molecule has 2 N–H and O–H groups in total. The Morgan fingerprint density at radius 1 is 1.08 bits per heavy atom. The lowest BCUT2D eigenvalue weighted by Gasteiger charge is -2.18. The lowest BCUT2D eigenvalue weighted by atomic mass is 10.1. The SMILES string of the molecule is Cc1cccc(-c2[nH]c(CN(CCc3c(F)cccc3F)C(=O)O)nc2-c2ccc3ncnn3c2)n1. The molecule has 0 bridgehead atoms. The van der Waals surface area contributed by atoms with Crippen molar-refractivity contribution in [2.75, 3.05) is 6.54 Å². The minimum absolute atomic E-state index is 0.115. The van der Waals surface area contributed by atoms with Crippen LogP contribution in [0.25, 0.3) is 28.3 Å². The molecule has 182 valence electrons. The van der Waals surface area contributed by atoms with Crippen LogP contribution in [0.5, 0.6) is 0 Å². The number of aromatic amines is 1. The second-order valence-electron chi connectivity index (χ2n) is 8.21. The van der Waals surface area contributed by atoms with E-state index >= 15 is 0 Å². The van der Waals surface area contributed by atoms with Gasteiger partial charge in [-0.3, -0.25) is 4.98 Å². The second-order valence-corrected chi connectivity index (χ2v) is 8.21. The van der Waals surface area contributed by atoms with Crippen LogP contribution in [0.2, 0.25) is 0 Å². The summed E-state index contributed by atoms with van der Waals surface area (Å²) in [5, 5.41) is 13.9. The van der Waals surface area contributed by atoms with Crippen LogP contribution in [0, 0.1) is 18.6 Å². The normalized spacial score (nSPS) is 11.2. The summed E-state index contributed by atoms with van der Waals surface area (Å²) in [4.78, 5) is 29.6. The van der Waals surface area contributed by atoms with Gasteiger partial charge in [-0.1, -0.05) is 12.1 Å². The number of carboxylic acid groups (broad SMARTS) is 1. The Morgan fingerprint density at radius 3 is 2.61 bits per heavy atom. The van der Waals surface area contributed by atoms with Crippen molar-refractivity contribution < 1.29 is 18.7 Å². The maximum Gasteiger partial charge on any atom is 0.407 e. The maximum atomic E-state index is 14.0. The third-order valence-corrected chi connectivity index (χ3v) is 5.75. The molecule has 4 heterocycles. The van der Waals surface area contributed by atoms with Crippen molar-refractivity contribution in [3.8, 4) is 22.6 Å². The van der Waals surface area contributed by atoms with Gasteiger partial charge in [0.2, 0.25) is 0 Å². The molecule has 0 spiro atoms. The number of hydrogen-bond acceptors (Lipinski definition) is 5. The van der Waals surface area contributed by atoms with Crippen LogP contribution in [0.4, 0.5) is 13.6 Å². The van der Waals surface area contributed by atoms with Crippen molar-refractivity contribution in [1.82, 2.24) is 34.4 Å². The highest BCUT2D eigenvalue weighted by Gasteiger charge is 2.21. The molecule has 0 atom stereocenters. The predicted octanol–water partition coefficient (Wildman–Crippen LogP) is 4.49. The number of fused-ring (bicyclic) bond motifs is 1. The van der Waals surface area contributed by atoms with Gasteiger partial charge in [-0.25, -0.2) is 28.1 Å². The van der Waals surface area contributed by atoms with Gasteiger partial charge < -0.3 is 15.0 Å². The van der Waals surface area contributed by atoms with E-state index in [9.17, 15) is 18.7 Å². The van der Waals surface area contributed by atoms with E-state index in [4.69, 9.17) is 0 Å². The van der Waals surface area contributed by atoms with Crippen molar-refractivity contribution in [3.63, 3.8) is 0 Å². The van der Waals surface area contributed by atoms with Gasteiger partial charge in [0.1, 0.15) is 23.8 Å². The van der Waals surface area contributed by atoms with Crippen LogP contribution in [-0.4, -0.2) is 52.2 Å². The largest absolute Gasteiger partial charge is 0.465 e. The van der Waals surface area contributed by atoms with Crippen LogP contribution < -0.4 is 0 Å². The van der Waals surface area contributed by atoms with Gasteiger partial charge >= 0.3 is 6.09 Å². The standard InChI is InChI=1S/C25H21F2N7O2/c1-15-4-2-7-20(30-15)24-23(16-8-9-22-28-14-29-34(22)12-16)31-21(32-24)13-33(25(35)36)11-10-17-18(26)5-3-6-19(17)27/h2-9,12,14H,10-11,13H2,1H3,(H,31,32)(H,35,36). The van der Waals surface area contributed by atoms with E-state index in [0.29, 0.717) is 28.6 Å². The number of pyridine rings is 2. The topological polar surface area (TPSA) is 112 Å². The zero-order valence-electron chi connectivity index (χ0n) is 19.2. The fourth-order valence-corrected chi connectivity index (χ4v) is 3.97. The van der Waals surface area contributed by atoms with E-state index in [0.717, 1.165) is 28.3 Å². The summed E-state index contributed by atoms with van der Waals surface area (Å²) < 4.78 is 29.7. The van der Waals surface area contributed by atoms with Crippen LogP contribution in [0.3, 0.4) is 0 Å². The fraction of sp³-hybridized carbons (Fsp3) is 0.160. The van der Waals surface area contributed by atoms with Crippen molar-refractivity contribution in [1.29, 1.82) is 0 Å². The summed E-state index contributed by atoms with van der Waals surface area (Å²) in [5.41, 5.74) is 3.85. The van der Waals surface area contributed by atoms with Gasteiger partial charge in [0.05, 0.1) is 23.6 Å². The van der Waals surface area contributed by atoms with Crippen molar-refractivity contribution in [2.45, 2.75) is 19.9 Å². The summed E-state index contributed by atoms with van der Waals surface area (Å²) in [6.45, 7) is 1.64. The summed E-state index contributed by atoms with van der Waals surface area (Å²) in [6, 6.07) is 12.8. The molecule has 0 aliphatic rings. The van der Waals surface area contributed by atoms with E-state index in [2.05, 4.69) is 25.0 Å². The highest BCUT2D eigenvalue weighted by Crippen LogP contribution is 2.30. The number of aromatic nitrogens is 6. The Hall–Kier alpha value is -4.67. The van der Waals surface area contributed by atoms with Crippen LogP contribution in [0.1, 0.15) is 17.1 Å². The second kappa shape index (κ2) is 9.53. The Morgan fingerprint density at radius 2 is 1.86 bits per heavy atom. The monoisotopic (exact) mass is 489 g/mol. The number of H-pyrrole nitrogens is 1. The number of imidazole rings is 1. The molecule has 1 amide bonds. The lowest BCUT2D eigenvalue weighted by molar-refractivity contribution is 0.141. The molecular formula is C25H21F2N7O2. The minimum atomic E-state index is -1.23. The summed E-state index contributed by atoms with van der Waals surface area (Å²) in [7, 11) is 0. The third-order valence-electron chi connectivity index (χ3n) is 5.75. The highest BCUT2D eigenvalue weighted by atomic mass is 19.1. The van der Waals surface area contributed by atoms with Gasteiger partial charge in [0, 0.05) is 29.6 Å². The first-order valence-corrected chi connectivity index (χ1v) is 11.1. The maximum absolute atomic E-state index is 14.0. The summed E-state index contributed by atoms with van der Waals surface area (Å²) in [6.07, 6.45) is 1.87. The van der Waals surface area contributed by atoms with Gasteiger partial charge in [0.15, 0.2) is 5.65 Å². The molecule has 0 radical (unpaired) electrons. The molecule has 11 heteroatoms. The Kier molecular flexibility index (Phi) is 6.11. The first-order chi connectivity index (χ1) is 17.4. The minimum Gasteiger partial charge on any atom is -0.465 e. The molecule has 5 rings (SSSR count). The van der Waals surface area contributed by atoms with Crippen molar-refractivity contribution in [3.05, 3.63) is 89.8 Å². The molecule has 0 saturated heterocycles. The molecule has 0 unspecified atom stereocenters. The number of carbonyl (C=O) groups is 1. The van der Waals surface area contributed by atoms with Crippen LogP contribution >= 0.6 is 0 Å². The van der Waals surface area contributed by atoms with E-state index in [1.165, 1.54) is 12.4 Å². The van der Waals surface area contributed by atoms with Gasteiger partial charge in [-0.2, -0.15) is 5.10 Å². The smallest absolute Gasteiger partial charge is 0.407 e. The van der Waals surface area contributed by atoms with Gasteiger partial charge in [-0.15, -0.1) is 0 Å². The first-order valence-electron chi connectivity index (χ1n) is 11.1. The zero-order chi connectivity index (χ0) is 25.2. The number of rotatable bonds is 7. The molecule has 4 aromatic heterocycles. The highest BCUT2D eigenvalue weighted by molar-refractivity contribution is 5.77. The fourth-order valence-electron chi connectivity index (χ4n) is 3.97.